The average molecular weight is 369 g/mol. The molecule has 0 unspecified atom stereocenters. The fourth-order valence-electron chi connectivity index (χ4n) is 2.70. The number of piperazine rings is 1. The first-order valence-electron chi connectivity index (χ1n) is 6.90. The number of nitrogens with one attached hydrogen (secondary N) is 1. The van der Waals surface area contributed by atoms with Crippen LogP contribution in [-0.4, -0.2) is 35.7 Å². The Labute approximate surface area is 149 Å². The Morgan fingerprint density at radius 1 is 1.14 bits per heavy atom. The fraction of sp³-hybridized carbons (Fsp3) is 0.500. The molecule has 1 aromatic heterocycles. The Hall–Kier alpha value is -0.880. The molecule has 2 aromatic rings. The van der Waals surface area contributed by atoms with Crippen molar-refractivity contribution in [2.75, 3.05) is 36.8 Å². The number of fused-ring (bicyclic) bond motifs is 1. The molecule has 1 aliphatic rings. The van der Waals surface area contributed by atoms with Gasteiger partial charge in [0.25, 0.3) is 0 Å². The van der Waals surface area contributed by atoms with Crippen LogP contribution >= 0.6 is 37.2 Å². The predicted molar refractivity (Wildman–Crippen MR) is 101 cm³/mol. The van der Waals surface area contributed by atoms with Crippen LogP contribution in [0.5, 0.6) is 0 Å². The largest absolute Gasteiger partial charge is 0.399 e. The maximum Gasteiger partial charge on any atom is 0.206 e. The van der Waals surface area contributed by atoms with Crippen molar-refractivity contribution in [3.05, 3.63) is 18.2 Å². The van der Waals surface area contributed by atoms with E-state index in [1.165, 1.54) is 0 Å². The summed E-state index contributed by atoms with van der Waals surface area (Å²) in [4.78, 5) is 7.15. The van der Waals surface area contributed by atoms with Crippen LogP contribution in [0.3, 0.4) is 0 Å². The zero-order valence-electron chi connectivity index (χ0n) is 12.8. The van der Waals surface area contributed by atoms with E-state index in [0.717, 1.165) is 48.8 Å². The molecule has 0 aliphatic carbocycles. The van der Waals surface area contributed by atoms with Gasteiger partial charge in [-0.1, -0.05) is 0 Å². The van der Waals surface area contributed by atoms with Crippen molar-refractivity contribution in [2.45, 2.75) is 19.9 Å². The van der Waals surface area contributed by atoms with Gasteiger partial charge in [-0.2, -0.15) is 0 Å². The van der Waals surface area contributed by atoms with Crippen molar-refractivity contribution in [1.82, 2.24) is 14.9 Å². The van der Waals surface area contributed by atoms with Crippen LogP contribution in [0.4, 0.5) is 11.6 Å². The van der Waals surface area contributed by atoms with Gasteiger partial charge >= 0.3 is 0 Å². The lowest BCUT2D eigenvalue weighted by Gasteiger charge is -2.29. The summed E-state index contributed by atoms with van der Waals surface area (Å²) < 4.78 is 2.31. The van der Waals surface area contributed by atoms with Gasteiger partial charge in [0, 0.05) is 37.9 Å². The Morgan fingerprint density at radius 2 is 1.77 bits per heavy atom. The molecule has 2 heterocycles. The van der Waals surface area contributed by atoms with Gasteiger partial charge in [-0.05, 0) is 32.0 Å². The third-order valence-corrected chi connectivity index (χ3v) is 3.61. The zero-order valence-corrected chi connectivity index (χ0v) is 15.2. The first-order chi connectivity index (χ1) is 9.16. The first kappa shape index (κ1) is 21.1. The number of anilines is 2. The van der Waals surface area contributed by atoms with E-state index in [-0.39, 0.29) is 37.2 Å². The van der Waals surface area contributed by atoms with Crippen molar-refractivity contribution in [3.8, 4) is 0 Å². The third-order valence-electron chi connectivity index (χ3n) is 3.61. The summed E-state index contributed by atoms with van der Waals surface area (Å²) in [6.07, 6.45) is 0. The molecule has 1 aliphatic heterocycles. The fourth-order valence-corrected chi connectivity index (χ4v) is 2.70. The molecule has 3 N–H and O–H groups in total. The highest BCUT2D eigenvalue weighted by Crippen LogP contribution is 2.28. The number of hydrogen-bond acceptors (Lipinski definition) is 4. The zero-order chi connectivity index (χ0) is 13.4. The standard InChI is InChI=1S/C14H21N5.3ClH/c1-10(2)19-13-4-3-11(15)9-12(13)17-14(19)18-7-5-16-6-8-18;;;/h3-4,9-10,16H,5-8,15H2,1-2H3;3*1H. The van der Waals surface area contributed by atoms with Gasteiger partial charge in [-0.25, -0.2) is 4.98 Å². The Bertz CT molecular complexity index is 593. The first-order valence-corrected chi connectivity index (χ1v) is 6.90. The van der Waals surface area contributed by atoms with Crippen LogP contribution in [0.25, 0.3) is 11.0 Å². The normalized spacial score (nSPS) is 14.2. The molecule has 0 spiro atoms. The molecule has 0 radical (unpaired) electrons. The highest BCUT2D eigenvalue weighted by molar-refractivity contribution is 5.86. The lowest BCUT2D eigenvalue weighted by Crippen LogP contribution is -2.44. The molecule has 3 rings (SSSR count). The number of nitrogen functional groups attached to an aromatic ring is 1. The van der Waals surface area contributed by atoms with Gasteiger partial charge < -0.3 is 20.5 Å². The molecule has 126 valence electrons. The van der Waals surface area contributed by atoms with Gasteiger partial charge in [-0.15, -0.1) is 37.2 Å². The van der Waals surface area contributed by atoms with Gasteiger partial charge in [0.2, 0.25) is 5.95 Å². The second-order valence-electron chi connectivity index (χ2n) is 5.36. The number of rotatable bonds is 2. The summed E-state index contributed by atoms with van der Waals surface area (Å²) >= 11 is 0. The van der Waals surface area contributed by atoms with Crippen molar-refractivity contribution in [2.24, 2.45) is 0 Å². The molecule has 1 saturated heterocycles. The number of aromatic nitrogens is 2. The summed E-state index contributed by atoms with van der Waals surface area (Å²) in [5.74, 6) is 1.07. The number of nitrogens with two attached hydrogens (primary N) is 1. The summed E-state index contributed by atoms with van der Waals surface area (Å²) in [7, 11) is 0. The van der Waals surface area contributed by atoms with Gasteiger partial charge in [0.05, 0.1) is 11.0 Å². The molecule has 1 aromatic carbocycles. The van der Waals surface area contributed by atoms with Crippen molar-refractivity contribution >= 4 is 59.9 Å². The van der Waals surface area contributed by atoms with E-state index < -0.39 is 0 Å². The molecule has 5 nitrogen and oxygen atoms in total. The van der Waals surface area contributed by atoms with Crippen molar-refractivity contribution in [1.29, 1.82) is 0 Å². The summed E-state index contributed by atoms with van der Waals surface area (Å²) in [5, 5.41) is 3.38. The van der Waals surface area contributed by atoms with Gasteiger partial charge in [-0.3, -0.25) is 0 Å². The smallest absolute Gasteiger partial charge is 0.206 e. The molecule has 0 atom stereocenters. The second kappa shape index (κ2) is 8.67. The number of imidazole rings is 1. The Balaban J connectivity index is 0.00000147. The van der Waals surface area contributed by atoms with Crippen LogP contribution in [0.15, 0.2) is 18.2 Å². The van der Waals surface area contributed by atoms with Crippen LogP contribution in [-0.2, 0) is 0 Å². The minimum Gasteiger partial charge on any atom is -0.399 e. The molecule has 0 saturated carbocycles. The minimum absolute atomic E-state index is 0. The molecule has 0 bridgehead atoms. The van der Waals surface area contributed by atoms with E-state index >= 15 is 0 Å². The Morgan fingerprint density at radius 3 is 2.36 bits per heavy atom. The van der Waals surface area contributed by atoms with Crippen LogP contribution < -0.4 is 16.0 Å². The molecule has 8 heteroatoms. The van der Waals surface area contributed by atoms with E-state index in [9.17, 15) is 0 Å². The number of halogens is 3. The lowest BCUT2D eigenvalue weighted by molar-refractivity contribution is 0.548. The maximum absolute atomic E-state index is 5.86. The number of hydrogen-bond donors (Lipinski definition) is 2. The second-order valence-corrected chi connectivity index (χ2v) is 5.36. The van der Waals surface area contributed by atoms with Crippen LogP contribution in [0.1, 0.15) is 19.9 Å². The molecule has 1 fully saturated rings. The van der Waals surface area contributed by atoms with Crippen LogP contribution in [0.2, 0.25) is 0 Å². The van der Waals surface area contributed by atoms with E-state index in [4.69, 9.17) is 10.7 Å². The van der Waals surface area contributed by atoms with Gasteiger partial charge in [0.15, 0.2) is 0 Å². The van der Waals surface area contributed by atoms with E-state index in [2.05, 4.69) is 34.7 Å². The highest BCUT2D eigenvalue weighted by atomic mass is 35.5. The quantitative estimate of drug-likeness (QED) is 0.800. The van der Waals surface area contributed by atoms with E-state index in [1.807, 2.05) is 12.1 Å². The predicted octanol–water partition coefficient (Wildman–Crippen LogP) is 2.87. The third kappa shape index (κ3) is 3.90. The van der Waals surface area contributed by atoms with Crippen molar-refractivity contribution < 1.29 is 0 Å². The topological polar surface area (TPSA) is 59.1 Å². The molecular formula is C14H24Cl3N5. The summed E-state index contributed by atoms with van der Waals surface area (Å²) in [6.45, 7) is 8.44. The van der Waals surface area contributed by atoms with E-state index in [1.54, 1.807) is 0 Å². The minimum atomic E-state index is 0. The molecule has 0 amide bonds. The molecule has 22 heavy (non-hydrogen) atoms. The van der Waals surface area contributed by atoms with Crippen LogP contribution in [0, 0.1) is 0 Å². The van der Waals surface area contributed by atoms with Crippen molar-refractivity contribution in [3.63, 3.8) is 0 Å². The number of benzene rings is 1. The van der Waals surface area contributed by atoms with E-state index in [0.29, 0.717) is 6.04 Å². The SMILES string of the molecule is CC(C)n1c(N2CCNCC2)nc2cc(N)ccc21.Cl.Cl.Cl. The lowest BCUT2D eigenvalue weighted by atomic mass is 10.2. The summed E-state index contributed by atoms with van der Waals surface area (Å²) in [5.41, 5.74) is 8.79. The summed E-state index contributed by atoms with van der Waals surface area (Å²) in [6, 6.07) is 6.37. The molecular weight excluding hydrogens is 345 g/mol. The maximum atomic E-state index is 5.86. The Kier molecular flexibility index (Phi) is 8.33. The van der Waals surface area contributed by atoms with Gasteiger partial charge in [0.1, 0.15) is 0 Å². The highest BCUT2D eigenvalue weighted by Gasteiger charge is 2.20. The average Bonchev–Trinajstić information content (AvgIpc) is 2.78. The number of nitrogens with zero attached hydrogens (tertiary/aromatic N) is 3. The monoisotopic (exact) mass is 367 g/mol.